The van der Waals surface area contributed by atoms with Crippen LogP contribution in [0, 0.1) is 13.8 Å². The fraction of sp³-hybridized carbons (Fsp3) is 0.278. The summed E-state index contributed by atoms with van der Waals surface area (Å²) >= 11 is 6.32. The summed E-state index contributed by atoms with van der Waals surface area (Å²) < 4.78 is 35.3. The number of methoxy groups -OCH3 is 1. The quantitative estimate of drug-likeness (QED) is 0.181. The standard InChI is InChI=1S/C36H40ClN3O5S/c1-25(2)38-36(42)33(22-28-10-7-6-8-11-28)39(23-29-12-9-13-30(37)21-29)35(41)24-40(32-20-27(4)16-19-34(32)45-5)46(43,44)31-17-14-26(3)15-18-31/h6-21,25,33H,22-24H2,1-5H3,(H,38,42)/t33-/m1/s1. The monoisotopic (exact) mass is 661 g/mol. The fourth-order valence-electron chi connectivity index (χ4n) is 5.11. The molecule has 2 amide bonds. The van der Waals surface area contributed by atoms with E-state index < -0.39 is 28.5 Å². The average Bonchev–Trinajstić information content (AvgIpc) is 3.01. The molecule has 1 atom stereocenters. The van der Waals surface area contributed by atoms with Gasteiger partial charge in [0.1, 0.15) is 18.3 Å². The second kappa shape index (κ2) is 15.3. The third kappa shape index (κ3) is 8.68. The molecule has 0 bridgehead atoms. The number of rotatable bonds is 13. The molecule has 0 aliphatic rings. The highest BCUT2D eigenvalue weighted by Crippen LogP contribution is 2.34. The van der Waals surface area contributed by atoms with E-state index in [9.17, 15) is 18.0 Å². The van der Waals surface area contributed by atoms with Crippen LogP contribution in [0.1, 0.15) is 36.1 Å². The van der Waals surface area contributed by atoms with Crippen LogP contribution < -0.4 is 14.4 Å². The van der Waals surface area contributed by atoms with Gasteiger partial charge in [0.15, 0.2) is 0 Å². The van der Waals surface area contributed by atoms with Crippen LogP contribution in [0.2, 0.25) is 5.02 Å². The third-order valence-corrected chi connectivity index (χ3v) is 9.44. The summed E-state index contributed by atoms with van der Waals surface area (Å²) in [4.78, 5) is 29.9. The number of ether oxygens (including phenoxy) is 1. The van der Waals surface area contributed by atoms with Crippen LogP contribution in [0.3, 0.4) is 0 Å². The lowest BCUT2D eigenvalue weighted by Crippen LogP contribution is -2.54. The molecule has 46 heavy (non-hydrogen) atoms. The van der Waals surface area contributed by atoms with Gasteiger partial charge in [0, 0.05) is 24.0 Å². The van der Waals surface area contributed by atoms with Crippen LogP contribution in [0.15, 0.2) is 102 Å². The summed E-state index contributed by atoms with van der Waals surface area (Å²) in [6, 6.07) is 26.9. The first-order chi connectivity index (χ1) is 21.9. The first-order valence-corrected chi connectivity index (χ1v) is 16.8. The van der Waals surface area contributed by atoms with E-state index in [2.05, 4.69) is 5.32 Å². The lowest BCUT2D eigenvalue weighted by molar-refractivity contribution is -0.140. The summed E-state index contributed by atoms with van der Waals surface area (Å²) in [7, 11) is -2.82. The van der Waals surface area contributed by atoms with E-state index in [-0.39, 0.29) is 41.2 Å². The molecule has 0 radical (unpaired) electrons. The number of nitrogens with zero attached hydrogens (tertiary/aromatic N) is 2. The first-order valence-electron chi connectivity index (χ1n) is 15.0. The van der Waals surface area contributed by atoms with E-state index in [1.165, 1.54) is 24.1 Å². The Morgan fingerprint density at radius 2 is 1.50 bits per heavy atom. The van der Waals surface area contributed by atoms with Gasteiger partial charge in [0.05, 0.1) is 17.7 Å². The van der Waals surface area contributed by atoms with Crippen molar-refractivity contribution in [3.63, 3.8) is 0 Å². The summed E-state index contributed by atoms with van der Waals surface area (Å²) in [5.74, 6) is -0.636. The Morgan fingerprint density at radius 3 is 2.13 bits per heavy atom. The van der Waals surface area contributed by atoms with Crippen molar-refractivity contribution < 1.29 is 22.7 Å². The Bertz CT molecular complexity index is 1760. The van der Waals surface area contributed by atoms with Crippen LogP contribution in [0.4, 0.5) is 5.69 Å². The molecule has 4 rings (SSSR count). The third-order valence-electron chi connectivity index (χ3n) is 7.43. The highest BCUT2D eigenvalue weighted by atomic mass is 35.5. The van der Waals surface area contributed by atoms with Crippen LogP contribution in [0.5, 0.6) is 5.75 Å². The lowest BCUT2D eigenvalue weighted by Gasteiger charge is -2.34. The number of benzene rings is 4. The van der Waals surface area contributed by atoms with Crippen LogP contribution in [0.25, 0.3) is 0 Å². The molecule has 0 heterocycles. The molecule has 4 aromatic carbocycles. The summed E-state index contributed by atoms with van der Waals surface area (Å²) in [6.45, 7) is 6.83. The largest absolute Gasteiger partial charge is 0.495 e. The van der Waals surface area contributed by atoms with Gasteiger partial charge in [-0.3, -0.25) is 13.9 Å². The number of carbonyl (C=O) groups excluding carboxylic acids is 2. The van der Waals surface area contributed by atoms with E-state index in [1.807, 2.05) is 64.1 Å². The number of sulfonamides is 1. The highest BCUT2D eigenvalue weighted by Gasteiger charge is 2.35. The van der Waals surface area contributed by atoms with Crippen molar-refractivity contribution in [2.75, 3.05) is 18.0 Å². The Hall–Kier alpha value is -4.34. The van der Waals surface area contributed by atoms with E-state index in [0.29, 0.717) is 10.6 Å². The maximum absolute atomic E-state index is 14.6. The zero-order valence-electron chi connectivity index (χ0n) is 26.7. The molecule has 0 aromatic heterocycles. The number of hydrogen-bond donors (Lipinski definition) is 1. The topological polar surface area (TPSA) is 96.0 Å². The number of aryl methyl sites for hydroxylation is 2. The molecule has 0 spiro atoms. The van der Waals surface area contributed by atoms with Gasteiger partial charge in [0.2, 0.25) is 11.8 Å². The Labute approximate surface area is 277 Å². The van der Waals surface area contributed by atoms with Crippen LogP contribution in [-0.2, 0) is 32.6 Å². The van der Waals surface area contributed by atoms with Crippen LogP contribution in [-0.4, -0.2) is 50.9 Å². The smallest absolute Gasteiger partial charge is 0.264 e. The van der Waals surface area contributed by atoms with Gasteiger partial charge in [-0.05, 0) is 80.8 Å². The van der Waals surface area contributed by atoms with Gasteiger partial charge in [-0.1, -0.05) is 77.8 Å². The highest BCUT2D eigenvalue weighted by molar-refractivity contribution is 7.92. The maximum atomic E-state index is 14.6. The minimum atomic E-state index is -4.27. The average molecular weight is 662 g/mol. The van der Waals surface area contributed by atoms with Gasteiger partial charge >= 0.3 is 0 Å². The van der Waals surface area contributed by atoms with Crippen molar-refractivity contribution in [1.29, 1.82) is 0 Å². The van der Waals surface area contributed by atoms with Gasteiger partial charge in [0.25, 0.3) is 10.0 Å². The molecular formula is C36H40ClN3O5S. The van der Waals surface area contributed by atoms with Gasteiger partial charge in [-0.15, -0.1) is 0 Å². The van der Waals surface area contributed by atoms with E-state index in [1.54, 1.807) is 48.5 Å². The molecule has 242 valence electrons. The minimum absolute atomic E-state index is 0.0196. The second-order valence-electron chi connectivity index (χ2n) is 11.5. The molecule has 0 aliphatic heterocycles. The zero-order chi connectivity index (χ0) is 33.4. The predicted molar refractivity (Wildman–Crippen MR) is 183 cm³/mol. The summed E-state index contributed by atoms with van der Waals surface area (Å²) in [5.41, 5.74) is 3.42. The SMILES string of the molecule is COc1ccc(C)cc1N(CC(=O)N(Cc1cccc(Cl)c1)[C@H](Cc1ccccc1)C(=O)NC(C)C)S(=O)(=O)c1ccc(C)cc1. The number of nitrogens with one attached hydrogen (secondary N) is 1. The van der Waals surface area contributed by atoms with Gasteiger partial charge in [-0.25, -0.2) is 8.42 Å². The number of anilines is 1. The molecule has 8 nitrogen and oxygen atoms in total. The lowest BCUT2D eigenvalue weighted by atomic mass is 10.0. The molecule has 0 aliphatic carbocycles. The van der Waals surface area contributed by atoms with Crippen LogP contribution >= 0.6 is 11.6 Å². The van der Waals surface area contributed by atoms with E-state index >= 15 is 0 Å². The minimum Gasteiger partial charge on any atom is -0.495 e. The van der Waals surface area contributed by atoms with E-state index in [4.69, 9.17) is 16.3 Å². The van der Waals surface area contributed by atoms with Crippen molar-refractivity contribution >= 4 is 39.1 Å². The molecule has 1 N–H and O–H groups in total. The molecule has 0 saturated carbocycles. The van der Waals surface area contributed by atoms with Gasteiger partial charge < -0.3 is 15.0 Å². The van der Waals surface area contributed by atoms with Crippen molar-refractivity contribution in [2.24, 2.45) is 0 Å². The first kappa shape index (κ1) is 34.5. The molecular weight excluding hydrogens is 622 g/mol. The normalized spacial score (nSPS) is 12.0. The summed E-state index contributed by atoms with van der Waals surface area (Å²) in [6.07, 6.45) is 0.212. The maximum Gasteiger partial charge on any atom is 0.264 e. The fourth-order valence-corrected chi connectivity index (χ4v) is 6.74. The zero-order valence-corrected chi connectivity index (χ0v) is 28.3. The van der Waals surface area contributed by atoms with Crippen molar-refractivity contribution in [1.82, 2.24) is 10.2 Å². The van der Waals surface area contributed by atoms with Gasteiger partial charge in [-0.2, -0.15) is 0 Å². The number of carbonyl (C=O) groups is 2. The number of halogens is 1. The Morgan fingerprint density at radius 1 is 0.848 bits per heavy atom. The van der Waals surface area contributed by atoms with E-state index in [0.717, 1.165) is 21.0 Å². The van der Waals surface area contributed by atoms with Crippen molar-refractivity contribution in [3.05, 3.63) is 124 Å². The molecule has 0 unspecified atom stereocenters. The molecule has 4 aromatic rings. The molecule has 0 saturated heterocycles. The number of amides is 2. The predicted octanol–water partition coefficient (Wildman–Crippen LogP) is 6.33. The molecule has 10 heteroatoms. The van der Waals surface area contributed by atoms with Crippen molar-refractivity contribution in [2.45, 2.75) is 57.6 Å². The Balaban J connectivity index is 1.86. The Kier molecular flexibility index (Phi) is 11.5. The molecule has 0 fully saturated rings. The number of hydrogen-bond acceptors (Lipinski definition) is 5. The second-order valence-corrected chi connectivity index (χ2v) is 13.8. The summed E-state index contributed by atoms with van der Waals surface area (Å²) in [5, 5.41) is 3.43. The van der Waals surface area contributed by atoms with Crippen molar-refractivity contribution in [3.8, 4) is 5.75 Å².